The number of hydrogen-bond acceptors (Lipinski definition) is 4. The number of nitrogens with zero attached hydrogens (tertiary/aromatic N) is 1. The molecule has 0 saturated carbocycles. The summed E-state index contributed by atoms with van der Waals surface area (Å²) in [5.74, 6) is 0. The molecule has 0 bridgehead atoms. The zero-order valence-corrected chi connectivity index (χ0v) is 10.2. The third kappa shape index (κ3) is 4.47. The van der Waals surface area contributed by atoms with E-state index in [1.54, 1.807) is 7.11 Å². The smallest absolute Gasteiger partial charge is 0.0700 e. The summed E-state index contributed by atoms with van der Waals surface area (Å²) in [4.78, 5) is 2.50. The fraction of sp³-hybridized carbons (Fsp3) is 1.00. The van der Waals surface area contributed by atoms with Gasteiger partial charge in [0.15, 0.2) is 0 Å². The maximum absolute atomic E-state index is 5.49. The molecule has 0 unspecified atom stereocenters. The Labute approximate surface area is 92.9 Å². The van der Waals surface area contributed by atoms with Gasteiger partial charge in [-0.05, 0) is 13.8 Å². The van der Waals surface area contributed by atoms with Gasteiger partial charge >= 0.3 is 0 Å². The summed E-state index contributed by atoms with van der Waals surface area (Å²) < 4.78 is 10.4. The third-order valence-electron chi connectivity index (χ3n) is 2.94. The van der Waals surface area contributed by atoms with E-state index in [0.29, 0.717) is 25.3 Å². The lowest BCUT2D eigenvalue weighted by molar-refractivity contribution is 0.0339. The lowest BCUT2D eigenvalue weighted by Crippen LogP contribution is -2.55. The fourth-order valence-corrected chi connectivity index (χ4v) is 2.03. The third-order valence-corrected chi connectivity index (χ3v) is 2.94. The summed E-state index contributed by atoms with van der Waals surface area (Å²) in [6.45, 7) is 9.91. The van der Waals surface area contributed by atoms with E-state index in [1.807, 2.05) is 0 Å². The van der Waals surface area contributed by atoms with Crippen LogP contribution in [-0.2, 0) is 9.47 Å². The number of hydrogen-bond donors (Lipinski definition) is 1. The summed E-state index contributed by atoms with van der Waals surface area (Å²) in [5.41, 5.74) is 0. The molecule has 0 amide bonds. The van der Waals surface area contributed by atoms with E-state index in [9.17, 15) is 0 Å². The van der Waals surface area contributed by atoms with Gasteiger partial charge in [-0.2, -0.15) is 0 Å². The lowest BCUT2D eigenvalue weighted by atomic mass is 10.1. The Bertz CT molecular complexity index is 157. The van der Waals surface area contributed by atoms with Gasteiger partial charge in [-0.1, -0.05) is 0 Å². The summed E-state index contributed by atoms with van der Waals surface area (Å²) in [6.07, 6.45) is 0. The molecule has 4 heteroatoms. The Morgan fingerprint density at radius 1 is 1.13 bits per heavy atom. The first-order valence-corrected chi connectivity index (χ1v) is 5.79. The molecular formula is C11H24N2O2. The molecule has 0 aromatic carbocycles. The van der Waals surface area contributed by atoms with E-state index < -0.39 is 0 Å². The van der Waals surface area contributed by atoms with Crippen molar-refractivity contribution in [1.29, 1.82) is 0 Å². The van der Waals surface area contributed by atoms with E-state index in [-0.39, 0.29) is 0 Å². The minimum atomic E-state index is 0.611. The van der Waals surface area contributed by atoms with Crippen LogP contribution in [0.25, 0.3) is 0 Å². The second-order valence-electron chi connectivity index (χ2n) is 4.20. The molecule has 4 nitrogen and oxygen atoms in total. The standard InChI is InChI=1S/C11H24N2O2/c1-10-8-12-9-11(2)13(10)4-5-15-7-6-14-3/h10-12H,4-9H2,1-3H3/t10-,11+. The summed E-state index contributed by atoms with van der Waals surface area (Å²) in [5, 5.41) is 3.42. The van der Waals surface area contributed by atoms with E-state index in [0.717, 1.165) is 26.2 Å². The van der Waals surface area contributed by atoms with Crippen molar-refractivity contribution >= 4 is 0 Å². The van der Waals surface area contributed by atoms with Gasteiger partial charge in [-0.25, -0.2) is 0 Å². The molecular weight excluding hydrogens is 192 g/mol. The maximum Gasteiger partial charge on any atom is 0.0700 e. The van der Waals surface area contributed by atoms with E-state index >= 15 is 0 Å². The van der Waals surface area contributed by atoms with Gasteiger partial charge in [0.05, 0.1) is 19.8 Å². The second-order valence-corrected chi connectivity index (χ2v) is 4.20. The van der Waals surface area contributed by atoms with E-state index in [1.165, 1.54) is 0 Å². The summed E-state index contributed by atoms with van der Waals surface area (Å²) in [6, 6.07) is 1.22. The zero-order chi connectivity index (χ0) is 11.1. The first-order chi connectivity index (χ1) is 7.25. The molecule has 0 aliphatic carbocycles. The first kappa shape index (κ1) is 12.9. The highest BCUT2D eigenvalue weighted by Gasteiger charge is 2.23. The molecule has 1 aliphatic heterocycles. The van der Waals surface area contributed by atoms with Crippen molar-refractivity contribution in [2.75, 3.05) is 46.6 Å². The monoisotopic (exact) mass is 216 g/mol. The van der Waals surface area contributed by atoms with Crippen LogP contribution in [0.15, 0.2) is 0 Å². The fourth-order valence-electron chi connectivity index (χ4n) is 2.03. The van der Waals surface area contributed by atoms with Gasteiger partial charge < -0.3 is 14.8 Å². The van der Waals surface area contributed by atoms with Crippen molar-refractivity contribution in [1.82, 2.24) is 10.2 Å². The van der Waals surface area contributed by atoms with Gasteiger partial charge in [0, 0.05) is 38.8 Å². The van der Waals surface area contributed by atoms with Crippen LogP contribution < -0.4 is 5.32 Å². The molecule has 2 atom stereocenters. The Morgan fingerprint density at radius 2 is 1.80 bits per heavy atom. The molecule has 0 spiro atoms. The van der Waals surface area contributed by atoms with Crippen LogP contribution in [0.5, 0.6) is 0 Å². The average molecular weight is 216 g/mol. The van der Waals surface area contributed by atoms with E-state index in [2.05, 4.69) is 24.1 Å². The van der Waals surface area contributed by atoms with Crippen LogP contribution in [-0.4, -0.2) is 63.5 Å². The van der Waals surface area contributed by atoms with Crippen molar-refractivity contribution in [3.63, 3.8) is 0 Å². The van der Waals surface area contributed by atoms with Crippen LogP contribution in [0.1, 0.15) is 13.8 Å². The topological polar surface area (TPSA) is 33.7 Å². The molecule has 1 saturated heterocycles. The Hall–Kier alpha value is -0.160. The number of rotatable bonds is 6. The molecule has 0 aromatic heterocycles. The molecule has 1 rings (SSSR count). The molecule has 90 valence electrons. The van der Waals surface area contributed by atoms with Crippen molar-refractivity contribution < 1.29 is 9.47 Å². The molecule has 1 heterocycles. The van der Waals surface area contributed by atoms with Gasteiger partial charge in [-0.3, -0.25) is 4.90 Å². The Kier molecular flexibility index (Phi) is 6.17. The average Bonchev–Trinajstić information content (AvgIpc) is 2.21. The van der Waals surface area contributed by atoms with Crippen molar-refractivity contribution in [2.45, 2.75) is 25.9 Å². The molecule has 1 N–H and O–H groups in total. The van der Waals surface area contributed by atoms with Crippen LogP contribution in [0.2, 0.25) is 0 Å². The predicted molar refractivity (Wildman–Crippen MR) is 61.2 cm³/mol. The lowest BCUT2D eigenvalue weighted by Gasteiger charge is -2.39. The van der Waals surface area contributed by atoms with Crippen molar-refractivity contribution in [3.05, 3.63) is 0 Å². The summed E-state index contributed by atoms with van der Waals surface area (Å²) in [7, 11) is 1.70. The number of ether oxygens (including phenoxy) is 2. The molecule has 1 fully saturated rings. The summed E-state index contributed by atoms with van der Waals surface area (Å²) >= 11 is 0. The SMILES string of the molecule is COCCOCCN1[C@H](C)CNC[C@@H]1C. The Morgan fingerprint density at radius 3 is 2.40 bits per heavy atom. The van der Waals surface area contributed by atoms with Gasteiger partial charge in [0.25, 0.3) is 0 Å². The van der Waals surface area contributed by atoms with Crippen LogP contribution >= 0.6 is 0 Å². The van der Waals surface area contributed by atoms with Crippen molar-refractivity contribution in [2.24, 2.45) is 0 Å². The highest BCUT2D eigenvalue weighted by molar-refractivity contribution is 4.81. The van der Waals surface area contributed by atoms with Crippen LogP contribution in [0, 0.1) is 0 Å². The van der Waals surface area contributed by atoms with Crippen molar-refractivity contribution in [3.8, 4) is 0 Å². The maximum atomic E-state index is 5.49. The van der Waals surface area contributed by atoms with Crippen LogP contribution in [0.3, 0.4) is 0 Å². The van der Waals surface area contributed by atoms with E-state index in [4.69, 9.17) is 9.47 Å². The highest BCUT2D eigenvalue weighted by atomic mass is 16.5. The highest BCUT2D eigenvalue weighted by Crippen LogP contribution is 2.08. The molecule has 0 radical (unpaired) electrons. The predicted octanol–water partition coefficient (Wildman–Crippen LogP) is 0.332. The molecule has 1 aliphatic rings. The normalized spacial score (nSPS) is 28.2. The molecule has 0 aromatic rings. The quantitative estimate of drug-likeness (QED) is 0.649. The van der Waals surface area contributed by atoms with Crippen LogP contribution in [0.4, 0.5) is 0 Å². The number of nitrogens with one attached hydrogen (secondary N) is 1. The minimum absolute atomic E-state index is 0.611. The Balaban J connectivity index is 2.12. The number of piperazine rings is 1. The van der Waals surface area contributed by atoms with Gasteiger partial charge in [0.1, 0.15) is 0 Å². The first-order valence-electron chi connectivity index (χ1n) is 5.79. The zero-order valence-electron chi connectivity index (χ0n) is 10.2. The molecule has 15 heavy (non-hydrogen) atoms. The number of methoxy groups -OCH3 is 1. The van der Waals surface area contributed by atoms with Gasteiger partial charge in [-0.15, -0.1) is 0 Å². The largest absolute Gasteiger partial charge is 0.382 e. The van der Waals surface area contributed by atoms with Gasteiger partial charge in [0.2, 0.25) is 0 Å². The second kappa shape index (κ2) is 7.17. The minimum Gasteiger partial charge on any atom is -0.382 e.